The molecule has 0 saturated carbocycles. The first-order chi connectivity index (χ1) is 8.15. The van der Waals surface area contributed by atoms with E-state index in [-0.39, 0.29) is 12.7 Å². The van der Waals surface area contributed by atoms with Crippen LogP contribution in [0.5, 0.6) is 11.5 Å². The van der Waals surface area contributed by atoms with Crippen LogP contribution in [0.4, 0.5) is 0 Å². The largest absolute Gasteiger partial charge is 0.454 e. The molecule has 0 saturated heterocycles. The summed E-state index contributed by atoms with van der Waals surface area (Å²) in [4.78, 5) is 10.5. The molecule has 0 amide bonds. The Bertz CT molecular complexity index is 441. The Balaban J connectivity index is 2.52. The number of rotatable bonds is 4. The van der Waals surface area contributed by atoms with Crippen molar-refractivity contribution in [2.45, 2.75) is 32.6 Å². The van der Waals surface area contributed by atoms with E-state index in [1.54, 1.807) is 6.07 Å². The van der Waals surface area contributed by atoms with Gasteiger partial charge < -0.3 is 14.3 Å². The number of aldehydes is 1. The van der Waals surface area contributed by atoms with Gasteiger partial charge >= 0.3 is 0 Å². The molecule has 0 unspecified atom stereocenters. The molecule has 1 aromatic rings. The maximum absolute atomic E-state index is 10.5. The number of carbonyl (C=O) groups is 1. The lowest BCUT2D eigenvalue weighted by atomic mass is 9.93. The molecule has 92 valence electrons. The summed E-state index contributed by atoms with van der Waals surface area (Å²) < 4.78 is 10.9. The number of ether oxygens (including phenoxy) is 2. The van der Waals surface area contributed by atoms with Crippen molar-refractivity contribution >= 4 is 17.9 Å². The number of carbonyl (C=O) groups excluding carboxylic acids is 1. The maximum Gasteiger partial charge on any atom is 0.231 e. The van der Waals surface area contributed by atoms with Gasteiger partial charge in [0.25, 0.3) is 0 Å². The molecule has 1 aliphatic rings. The Labute approximate surface area is 106 Å². The van der Waals surface area contributed by atoms with Crippen molar-refractivity contribution in [1.29, 1.82) is 0 Å². The number of fused-ring (bicyclic) bond motifs is 1. The standard InChI is InChI=1S/C13H15ClO3/c1-8(2)12-9(4-3-5-15)10(14)6-11-13(12)17-7-16-11/h5-6,8H,3-4,7H2,1-2H3. The predicted molar refractivity (Wildman–Crippen MR) is 66.0 cm³/mol. The second kappa shape index (κ2) is 4.96. The summed E-state index contributed by atoms with van der Waals surface area (Å²) in [7, 11) is 0. The van der Waals surface area contributed by atoms with E-state index in [9.17, 15) is 4.79 Å². The smallest absolute Gasteiger partial charge is 0.231 e. The van der Waals surface area contributed by atoms with Crippen LogP contribution in [-0.4, -0.2) is 13.1 Å². The van der Waals surface area contributed by atoms with Crippen LogP contribution in [0, 0.1) is 0 Å². The second-order valence-corrected chi connectivity index (χ2v) is 4.75. The molecular weight excluding hydrogens is 240 g/mol. The molecule has 2 rings (SSSR count). The Kier molecular flexibility index (Phi) is 3.57. The van der Waals surface area contributed by atoms with Crippen LogP contribution in [-0.2, 0) is 11.2 Å². The summed E-state index contributed by atoms with van der Waals surface area (Å²) in [6, 6.07) is 1.77. The number of halogens is 1. The van der Waals surface area contributed by atoms with E-state index in [0.717, 1.165) is 23.2 Å². The molecule has 0 N–H and O–H groups in total. The van der Waals surface area contributed by atoms with Crippen LogP contribution in [0.3, 0.4) is 0 Å². The van der Waals surface area contributed by atoms with E-state index in [1.165, 1.54) is 0 Å². The first kappa shape index (κ1) is 12.2. The molecule has 3 nitrogen and oxygen atoms in total. The average Bonchev–Trinajstić information content (AvgIpc) is 2.72. The third-order valence-corrected chi connectivity index (χ3v) is 3.18. The van der Waals surface area contributed by atoms with Crippen molar-refractivity contribution in [3.63, 3.8) is 0 Å². The monoisotopic (exact) mass is 254 g/mol. The average molecular weight is 255 g/mol. The van der Waals surface area contributed by atoms with Gasteiger partial charge in [0.05, 0.1) is 0 Å². The molecule has 0 spiro atoms. The zero-order valence-corrected chi connectivity index (χ0v) is 10.7. The maximum atomic E-state index is 10.5. The minimum Gasteiger partial charge on any atom is -0.454 e. The van der Waals surface area contributed by atoms with E-state index >= 15 is 0 Å². The van der Waals surface area contributed by atoms with Crippen LogP contribution in [0.25, 0.3) is 0 Å². The molecule has 1 heterocycles. The van der Waals surface area contributed by atoms with Gasteiger partial charge in [0, 0.05) is 23.1 Å². The van der Waals surface area contributed by atoms with Gasteiger partial charge in [-0.15, -0.1) is 0 Å². The molecular formula is C13H15ClO3. The third kappa shape index (κ3) is 2.25. The minimum atomic E-state index is 0.239. The first-order valence-electron chi connectivity index (χ1n) is 5.69. The highest BCUT2D eigenvalue weighted by Crippen LogP contribution is 2.44. The Morgan fingerprint density at radius 2 is 2.24 bits per heavy atom. The SMILES string of the molecule is CC(C)c1c(CCC=O)c(Cl)cc2c1OCO2. The quantitative estimate of drug-likeness (QED) is 0.774. The zero-order valence-electron chi connectivity index (χ0n) is 9.96. The molecule has 0 fully saturated rings. The van der Waals surface area contributed by atoms with Crippen LogP contribution in [0.1, 0.15) is 37.3 Å². The Morgan fingerprint density at radius 1 is 1.47 bits per heavy atom. The molecule has 4 heteroatoms. The van der Waals surface area contributed by atoms with Crippen LogP contribution >= 0.6 is 11.6 Å². The number of benzene rings is 1. The molecule has 0 aliphatic carbocycles. The molecule has 1 aliphatic heterocycles. The highest BCUT2D eigenvalue weighted by molar-refractivity contribution is 6.31. The molecule has 0 atom stereocenters. The van der Waals surface area contributed by atoms with Crippen molar-refractivity contribution in [3.8, 4) is 11.5 Å². The van der Waals surface area contributed by atoms with E-state index in [2.05, 4.69) is 13.8 Å². The summed E-state index contributed by atoms with van der Waals surface area (Å²) in [5, 5.41) is 0.653. The van der Waals surface area contributed by atoms with E-state index in [4.69, 9.17) is 21.1 Å². The zero-order chi connectivity index (χ0) is 12.4. The number of hydrogen-bond acceptors (Lipinski definition) is 3. The van der Waals surface area contributed by atoms with Crippen molar-refractivity contribution in [2.24, 2.45) is 0 Å². The fourth-order valence-electron chi connectivity index (χ4n) is 2.14. The fraction of sp³-hybridized carbons (Fsp3) is 0.462. The number of hydrogen-bond donors (Lipinski definition) is 0. The van der Waals surface area contributed by atoms with Crippen LogP contribution in [0.15, 0.2) is 6.07 Å². The van der Waals surface area contributed by atoms with Crippen molar-refractivity contribution in [1.82, 2.24) is 0 Å². The third-order valence-electron chi connectivity index (χ3n) is 2.85. The summed E-state index contributed by atoms with van der Waals surface area (Å²) in [6.07, 6.45) is 2.02. The highest BCUT2D eigenvalue weighted by atomic mass is 35.5. The van der Waals surface area contributed by atoms with Crippen LogP contribution in [0.2, 0.25) is 5.02 Å². The lowest BCUT2D eigenvalue weighted by Gasteiger charge is -2.16. The molecule has 0 bridgehead atoms. The van der Waals surface area contributed by atoms with E-state index < -0.39 is 0 Å². The lowest BCUT2D eigenvalue weighted by molar-refractivity contribution is -0.107. The van der Waals surface area contributed by atoms with Gasteiger partial charge in [-0.1, -0.05) is 25.4 Å². The summed E-state index contributed by atoms with van der Waals surface area (Å²) in [6.45, 7) is 4.40. The summed E-state index contributed by atoms with van der Waals surface area (Å²) >= 11 is 6.24. The van der Waals surface area contributed by atoms with Gasteiger partial charge in [0.15, 0.2) is 11.5 Å². The van der Waals surface area contributed by atoms with Gasteiger partial charge in [-0.25, -0.2) is 0 Å². The topological polar surface area (TPSA) is 35.5 Å². The van der Waals surface area contributed by atoms with Crippen molar-refractivity contribution < 1.29 is 14.3 Å². The lowest BCUT2D eigenvalue weighted by Crippen LogP contribution is -2.01. The predicted octanol–water partition coefficient (Wildman–Crippen LogP) is 3.32. The molecule has 1 aromatic carbocycles. The Hall–Kier alpha value is -1.22. The summed E-state index contributed by atoms with van der Waals surface area (Å²) in [5.74, 6) is 1.77. The van der Waals surface area contributed by atoms with Crippen molar-refractivity contribution in [2.75, 3.05) is 6.79 Å². The van der Waals surface area contributed by atoms with E-state index in [1.807, 2.05) is 0 Å². The van der Waals surface area contributed by atoms with Gasteiger partial charge in [-0.05, 0) is 17.9 Å². The van der Waals surface area contributed by atoms with Gasteiger partial charge in [-0.3, -0.25) is 0 Å². The minimum absolute atomic E-state index is 0.239. The second-order valence-electron chi connectivity index (χ2n) is 4.34. The molecule has 17 heavy (non-hydrogen) atoms. The normalized spacial score (nSPS) is 13.2. The highest BCUT2D eigenvalue weighted by Gasteiger charge is 2.25. The summed E-state index contributed by atoms with van der Waals surface area (Å²) in [5.41, 5.74) is 2.06. The molecule has 0 radical (unpaired) electrons. The van der Waals surface area contributed by atoms with Gasteiger partial charge in [0.2, 0.25) is 6.79 Å². The first-order valence-corrected chi connectivity index (χ1v) is 6.07. The van der Waals surface area contributed by atoms with Crippen molar-refractivity contribution in [3.05, 3.63) is 22.2 Å². The van der Waals surface area contributed by atoms with Gasteiger partial charge in [0.1, 0.15) is 6.29 Å². The molecule has 0 aromatic heterocycles. The van der Waals surface area contributed by atoms with E-state index in [0.29, 0.717) is 23.6 Å². The fourth-order valence-corrected chi connectivity index (χ4v) is 2.44. The van der Waals surface area contributed by atoms with Gasteiger partial charge in [-0.2, -0.15) is 0 Å². The van der Waals surface area contributed by atoms with Crippen LogP contribution < -0.4 is 9.47 Å². The Morgan fingerprint density at radius 3 is 2.88 bits per heavy atom.